The molecule has 0 aliphatic heterocycles. The van der Waals surface area contributed by atoms with Crippen molar-refractivity contribution in [2.75, 3.05) is 13.2 Å². The van der Waals surface area contributed by atoms with E-state index in [1.807, 2.05) is 31.2 Å². The first-order valence-corrected chi connectivity index (χ1v) is 9.90. The summed E-state index contributed by atoms with van der Waals surface area (Å²) >= 11 is 0. The molecule has 0 spiro atoms. The van der Waals surface area contributed by atoms with Gasteiger partial charge >= 0.3 is 6.09 Å². The third kappa shape index (κ3) is 4.49. The lowest BCUT2D eigenvalue weighted by Gasteiger charge is -2.17. The van der Waals surface area contributed by atoms with Crippen molar-refractivity contribution in [3.05, 3.63) is 89.5 Å². The van der Waals surface area contributed by atoms with Crippen molar-refractivity contribution in [3.8, 4) is 11.1 Å². The van der Waals surface area contributed by atoms with Crippen LogP contribution in [0, 0.1) is 5.82 Å². The topological polar surface area (TPSA) is 60.5 Å². The van der Waals surface area contributed by atoms with Crippen molar-refractivity contribution in [2.24, 2.45) is 0 Å². The molecule has 0 fully saturated rings. The van der Waals surface area contributed by atoms with Crippen LogP contribution in [0.4, 0.5) is 9.18 Å². The monoisotopic (exact) mass is 406 g/mol. The number of pyridine rings is 1. The molecule has 5 nitrogen and oxygen atoms in total. The van der Waals surface area contributed by atoms with Gasteiger partial charge in [-0.3, -0.25) is 4.98 Å². The van der Waals surface area contributed by atoms with Crippen LogP contribution < -0.4 is 5.32 Å². The average molecular weight is 406 g/mol. The molecule has 2 aromatic carbocycles. The Balaban J connectivity index is 1.28. The van der Waals surface area contributed by atoms with Crippen LogP contribution in [-0.2, 0) is 16.1 Å². The number of halogens is 1. The second-order valence-electron chi connectivity index (χ2n) is 7.40. The zero-order chi connectivity index (χ0) is 20.9. The maximum Gasteiger partial charge on any atom is 0.407 e. The van der Waals surface area contributed by atoms with Gasteiger partial charge in [0.15, 0.2) is 0 Å². The molecule has 0 bridgehead atoms. The molecule has 1 aliphatic carbocycles. The lowest BCUT2D eigenvalue weighted by Crippen LogP contribution is -2.36. The van der Waals surface area contributed by atoms with Gasteiger partial charge in [-0.15, -0.1) is 0 Å². The maximum absolute atomic E-state index is 13.1. The quantitative estimate of drug-likeness (QED) is 0.620. The minimum atomic E-state index is -0.486. The minimum Gasteiger partial charge on any atom is -0.449 e. The normalized spacial score (nSPS) is 13.4. The molecule has 1 heterocycles. The molecule has 1 atom stereocenters. The molecule has 1 amide bonds. The molecule has 30 heavy (non-hydrogen) atoms. The van der Waals surface area contributed by atoms with E-state index < -0.39 is 11.9 Å². The number of carbonyl (C=O) groups excluding carboxylic acids is 1. The SMILES string of the molecule is CC(COCc1cncc(F)c1)NC(=O)OCC1c2ccccc2-c2ccccc21. The number of nitrogens with one attached hydrogen (secondary N) is 1. The summed E-state index contributed by atoms with van der Waals surface area (Å²) in [7, 11) is 0. The number of aromatic nitrogens is 1. The first-order valence-electron chi connectivity index (χ1n) is 9.90. The second-order valence-corrected chi connectivity index (χ2v) is 7.40. The summed E-state index contributed by atoms with van der Waals surface area (Å²) in [6.07, 6.45) is 2.21. The minimum absolute atomic E-state index is 0.0233. The van der Waals surface area contributed by atoms with Crippen molar-refractivity contribution >= 4 is 6.09 Å². The van der Waals surface area contributed by atoms with Gasteiger partial charge in [-0.2, -0.15) is 0 Å². The molecule has 4 rings (SSSR count). The molecular weight excluding hydrogens is 383 g/mol. The Hall–Kier alpha value is -3.25. The van der Waals surface area contributed by atoms with Gasteiger partial charge < -0.3 is 14.8 Å². The van der Waals surface area contributed by atoms with Crippen LogP contribution in [0.2, 0.25) is 0 Å². The highest BCUT2D eigenvalue weighted by molar-refractivity contribution is 5.79. The Labute approximate surface area is 174 Å². The van der Waals surface area contributed by atoms with Crippen molar-refractivity contribution in [2.45, 2.75) is 25.5 Å². The summed E-state index contributed by atoms with van der Waals surface area (Å²) in [5, 5.41) is 2.77. The van der Waals surface area contributed by atoms with Gasteiger partial charge in [-0.05, 0) is 40.8 Å². The number of hydrogen-bond acceptors (Lipinski definition) is 4. The van der Waals surface area contributed by atoms with Gasteiger partial charge in [0.05, 0.1) is 25.5 Å². The standard InChI is InChI=1S/C24H23FN2O3/c1-16(13-29-14-17-10-18(25)12-26-11-17)27-24(28)30-15-23-21-8-4-2-6-19(21)20-7-3-5-9-22(20)23/h2-12,16,23H,13-15H2,1H3,(H,27,28). The number of amides is 1. The zero-order valence-electron chi connectivity index (χ0n) is 16.7. The number of fused-ring (bicyclic) bond motifs is 3. The van der Waals surface area contributed by atoms with Gasteiger partial charge in [-0.1, -0.05) is 48.5 Å². The van der Waals surface area contributed by atoms with Gasteiger partial charge in [0, 0.05) is 12.1 Å². The van der Waals surface area contributed by atoms with Crippen LogP contribution in [0.3, 0.4) is 0 Å². The summed E-state index contributed by atoms with van der Waals surface area (Å²) in [4.78, 5) is 16.0. The van der Waals surface area contributed by atoms with Crippen molar-refractivity contribution in [1.82, 2.24) is 10.3 Å². The fourth-order valence-corrected chi connectivity index (χ4v) is 3.77. The number of benzene rings is 2. The summed E-state index contributed by atoms with van der Waals surface area (Å²) in [6, 6.07) is 17.5. The molecule has 6 heteroatoms. The van der Waals surface area contributed by atoms with E-state index in [1.165, 1.54) is 28.3 Å². The van der Waals surface area contributed by atoms with E-state index in [2.05, 4.69) is 34.6 Å². The van der Waals surface area contributed by atoms with E-state index in [0.29, 0.717) is 5.56 Å². The highest BCUT2D eigenvalue weighted by atomic mass is 19.1. The number of ether oxygens (including phenoxy) is 2. The molecule has 1 aromatic heterocycles. The van der Waals surface area contributed by atoms with E-state index in [-0.39, 0.29) is 31.8 Å². The first kappa shape index (κ1) is 20.0. The number of carbonyl (C=O) groups is 1. The van der Waals surface area contributed by atoms with Crippen LogP contribution in [0.25, 0.3) is 11.1 Å². The number of rotatable bonds is 7. The first-order chi connectivity index (χ1) is 14.6. The van der Waals surface area contributed by atoms with Crippen LogP contribution in [-0.4, -0.2) is 30.3 Å². The summed E-state index contributed by atoms with van der Waals surface area (Å²) in [6.45, 7) is 2.59. The Bertz CT molecular complexity index is 995. The molecular formula is C24H23FN2O3. The molecule has 1 N–H and O–H groups in total. The molecule has 154 valence electrons. The lowest BCUT2D eigenvalue weighted by molar-refractivity contribution is 0.0934. The van der Waals surface area contributed by atoms with Crippen LogP contribution in [0.15, 0.2) is 67.0 Å². The summed E-state index contributed by atoms with van der Waals surface area (Å²) in [5.41, 5.74) is 5.37. The number of alkyl carbamates (subject to hydrolysis) is 1. The van der Waals surface area contributed by atoms with Crippen LogP contribution >= 0.6 is 0 Å². The van der Waals surface area contributed by atoms with Gasteiger partial charge in [0.1, 0.15) is 12.4 Å². The fourth-order valence-electron chi connectivity index (χ4n) is 3.77. The number of hydrogen-bond donors (Lipinski definition) is 1. The lowest BCUT2D eigenvalue weighted by atomic mass is 9.98. The van der Waals surface area contributed by atoms with Gasteiger partial charge in [0.2, 0.25) is 0 Å². The van der Waals surface area contributed by atoms with Crippen LogP contribution in [0.5, 0.6) is 0 Å². The Morgan fingerprint density at radius 1 is 1.10 bits per heavy atom. The molecule has 1 aliphatic rings. The van der Waals surface area contributed by atoms with E-state index in [0.717, 1.165) is 6.20 Å². The summed E-state index contributed by atoms with van der Waals surface area (Å²) < 4.78 is 24.2. The van der Waals surface area contributed by atoms with E-state index in [1.54, 1.807) is 6.20 Å². The Morgan fingerprint density at radius 3 is 2.43 bits per heavy atom. The maximum atomic E-state index is 13.1. The predicted octanol–water partition coefficient (Wildman–Crippen LogP) is 4.66. The largest absolute Gasteiger partial charge is 0.449 e. The molecule has 3 aromatic rings. The van der Waals surface area contributed by atoms with Crippen molar-refractivity contribution in [1.29, 1.82) is 0 Å². The highest BCUT2D eigenvalue weighted by Crippen LogP contribution is 2.44. The van der Waals surface area contributed by atoms with E-state index in [9.17, 15) is 9.18 Å². The van der Waals surface area contributed by atoms with Gasteiger partial charge in [0.25, 0.3) is 0 Å². The van der Waals surface area contributed by atoms with E-state index in [4.69, 9.17) is 9.47 Å². The molecule has 0 radical (unpaired) electrons. The third-order valence-corrected chi connectivity index (χ3v) is 5.11. The summed E-state index contributed by atoms with van der Waals surface area (Å²) in [5.74, 6) is -0.379. The third-order valence-electron chi connectivity index (χ3n) is 5.11. The Morgan fingerprint density at radius 2 is 1.77 bits per heavy atom. The smallest absolute Gasteiger partial charge is 0.407 e. The zero-order valence-corrected chi connectivity index (χ0v) is 16.7. The second kappa shape index (κ2) is 9.05. The fraction of sp³-hybridized carbons (Fsp3) is 0.250. The van der Waals surface area contributed by atoms with Crippen molar-refractivity contribution in [3.63, 3.8) is 0 Å². The predicted molar refractivity (Wildman–Crippen MR) is 112 cm³/mol. The number of nitrogens with zero attached hydrogens (tertiary/aromatic N) is 1. The van der Waals surface area contributed by atoms with Gasteiger partial charge in [-0.25, -0.2) is 9.18 Å². The molecule has 0 saturated heterocycles. The van der Waals surface area contributed by atoms with E-state index >= 15 is 0 Å². The highest BCUT2D eigenvalue weighted by Gasteiger charge is 2.29. The van der Waals surface area contributed by atoms with Crippen LogP contribution in [0.1, 0.15) is 29.5 Å². The average Bonchev–Trinajstić information content (AvgIpc) is 3.06. The Kier molecular flexibility index (Phi) is 6.05. The molecule has 0 saturated carbocycles. The molecule has 1 unspecified atom stereocenters. The van der Waals surface area contributed by atoms with Crippen molar-refractivity contribution < 1.29 is 18.7 Å².